The summed E-state index contributed by atoms with van der Waals surface area (Å²) in [6, 6.07) is 7.21. The number of aryl methyl sites for hydroxylation is 2. The van der Waals surface area contributed by atoms with E-state index in [0.29, 0.717) is 6.04 Å². The van der Waals surface area contributed by atoms with Gasteiger partial charge < -0.3 is 5.32 Å². The molecule has 0 heterocycles. The van der Waals surface area contributed by atoms with Crippen molar-refractivity contribution in [1.82, 2.24) is 5.32 Å². The van der Waals surface area contributed by atoms with Crippen molar-refractivity contribution in [3.05, 3.63) is 34.9 Å². The molecule has 1 rings (SSSR count). The molecule has 1 nitrogen and oxygen atoms in total. The van der Waals surface area contributed by atoms with Gasteiger partial charge in [-0.15, -0.1) is 0 Å². The molecular formula is C16H27N. The highest BCUT2D eigenvalue weighted by Crippen LogP contribution is 2.37. The number of nitrogens with one attached hydrogen (secondary N) is 1. The zero-order valence-electron chi connectivity index (χ0n) is 12.2. The summed E-state index contributed by atoms with van der Waals surface area (Å²) in [5.41, 5.74) is 4.48. The minimum atomic E-state index is 0.286. The van der Waals surface area contributed by atoms with Gasteiger partial charge in [0.1, 0.15) is 0 Å². The lowest BCUT2D eigenvalue weighted by Crippen LogP contribution is -2.34. The van der Waals surface area contributed by atoms with Crippen molar-refractivity contribution in [2.45, 2.75) is 54.0 Å². The maximum atomic E-state index is 3.66. The van der Waals surface area contributed by atoms with E-state index in [-0.39, 0.29) is 5.41 Å². The molecule has 0 aliphatic rings. The standard InChI is InChI=1S/C16H27N/c1-7-16(5,6)15(17-8-2)14-11-12(3)9-10-13(14)4/h9-11,15,17H,7-8H2,1-6H3. The lowest BCUT2D eigenvalue weighted by atomic mass is 9.77. The molecule has 0 bridgehead atoms. The van der Waals surface area contributed by atoms with Gasteiger partial charge in [-0.1, -0.05) is 51.5 Å². The Labute approximate surface area is 107 Å². The van der Waals surface area contributed by atoms with E-state index in [1.165, 1.54) is 23.1 Å². The first kappa shape index (κ1) is 14.2. The van der Waals surface area contributed by atoms with E-state index in [1.807, 2.05) is 0 Å². The molecule has 1 atom stereocenters. The second-order valence-corrected chi connectivity index (χ2v) is 5.69. The van der Waals surface area contributed by atoms with Crippen LogP contribution in [0.5, 0.6) is 0 Å². The molecule has 0 radical (unpaired) electrons. The van der Waals surface area contributed by atoms with E-state index in [0.717, 1.165) is 6.54 Å². The summed E-state index contributed by atoms with van der Waals surface area (Å²) >= 11 is 0. The van der Waals surface area contributed by atoms with Gasteiger partial charge in [0, 0.05) is 6.04 Å². The Hall–Kier alpha value is -0.820. The lowest BCUT2D eigenvalue weighted by Gasteiger charge is -2.35. The van der Waals surface area contributed by atoms with Crippen molar-refractivity contribution >= 4 is 0 Å². The molecule has 0 saturated carbocycles. The van der Waals surface area contributed by atoms with Crippen LogP contribution in [0.4, 0.5) is 0 Å². The van der Waals surface area contributed by atoms with E-state index in [2.05, 4.69) is 65.1 Å². The summed E-state index contributed by atoms with van der Waals surface area (Å²) in [6.45, 7) is 14.6. The predicted octanol–water partition coefficient (Wildman–Crippen LogP) is 4.39. The molecule has 17 heavy (non-hydrogen) atoms. The molecule has 1 heteroatoms. The minimum absolute atomic E-state index is 0.286. The highest BCUT2D eigenvalue weighted by molar-refractivity contribution is 5.34. The Morgan fingerprint density at radius 1 is 1.18 bits per heavy atom. The van der Waals surface area contributed by atoms with Gasteiger partial charge in [-0.25, -0.2) is 0 Å². The lowest BCUT2D eigenvalue weighted by molar-refractivity contribution is 0.236. The van der Waals surface area contributed by atoms with E-state index in [1.54, 1.807) is 0 Å². The van der Waals surface area contributed by atoms with Crippen LogP contribution in [0.2, 0.25) is 0 Å². The van der Waals surface area contributed by atoms with Gasteiger partial charge in [0.15, 0.2) is 0 Å². The number of hydrogen-bond acceptors (Lipinski definition) is 1. The van der Waals surface area contributed by atoms with Gasteiger partial charge in [-0.2, -0.15) is 0 Å². The Morgan fingerprint density at radius 3 is 2.35 bits per heavy atom. The average Bonchev–Trinajstić information content (AvgIpc) is 2.29. The summed E-state index contributed by atoms with van der Waals surface area (Å²) in [5.74, 6) is 0. The summed E-state index contributed by atoms with van der Waals surface area (Å²) in [7, 11) is 0. The van der Waals surface area contributed by atoms with Crippen LogP contribution in [0.25, 0.3) is 0 Å². The van der Waals surface area contributed by atoms with Crippen molar-refractivity contribution in [2.24, 2.45) is 5.41 Å². The predicted molar refractivity (Wildman–Crippen MR) is 76.4 cm³/mol. The van der Waals surface area contributed by atoms with Crippen LogP contribution >= 0.6 is 0 Å². The third kappa shape index (κ3) is 3.32. The fourth-order valence-corrected chi connectivity index (χ4v) is 2.29. The average molecular weight is 233 g/mol. The van der Waals surface area contributed by atoms with Gasteiger partial charge >= 0.3 is 0 Å². The number of rotatable bonds is 5. The van der Waals surface area contributed by atoms with Crippen LogP contribution in [0.1, 0.15) is 56.8 Å². The highest BCUT2D eigenvalue weighted by Gasteiger charge is 2.29. The first-order valence-corrected chi connectivity index (χ1v) is 6.73. The molecular weight excluding hydrogens is 206 g/mol. The van der Waals surface area contributed by atoms with Gasteiger partial charge in [0.2, 0.25) is 0 Å². The summed E-state index contributed by atoms with van der Waals surface area (Å²) in [6.07, 6.45) is 1.18. The fourth-order valence-electron chi connectivity index (χ4n) is 2.29. The first-order valence-electron chi connectivity index (χ1n) is 6.73. The normalized spacial score (nSPS) is 13.8. The second kappa shape index (κ2) is 5.68. The van der Waals surface area contributed by atoms with Crippen molar-refractivity contribution in [1.29, 1.82) is 0 Å². The number of benzene rings is 1. The first-order chi connectivity index (χ1) is 7.92. The largest absolute Gasteiger partial charge is 0.310 e. The summed E-state index contributed by atoms with van der Waals surface area (Å²) in [4.78, 5) is 0. The minimum Gasteiger partial charge on any atom is -0.310 e. The molecule has 0 saturated heterocycles. The van der Waals surface area contributed by atoms with Crippen LogP contribution < -0.4 is 5.32 Å². The van der Waals surface area contributed by atoms with Crippen LogP contribution in [-0.2, 0) is 0 Å². The molecule has 0 fully saturated rings. The Balaban J connectivity index is 3.17. The van der Waals surface area contributed by atoms with Gasteiger partial charge in [-0.05, 0) is 43.4 Å². The summed E-state index contributed by atoms with van der Waals surface area (Å²) < 4.78 is 0. The van der Waals surface area contributed by atoms with Crippen molar-refractivity contribution < 1.29 is 0 Å². The van der Waals surface area contributed by atoms with E-state index in [9.17, 15) is 0 Å². The maximum Gasteiger partial charge on any atom is 0.0374 e. The highest BCUT2D eigenvalue weighted by atomic mass is 14.9. The second-order valence-electron chi connectivity index (χ2n) is 5.69. The zero-order chi connectivity index (χ0) is 13.1. The smallest absolute Gasteiger partial charge is 0.0374 e. The molecule has 1 aromatic carbocycles. The SMILES string of the molecule is CCNC(c1cc(C)ccc1C)C(C)(C)CC. The molecule has 0 spiro atoms. The Bertz CT molecular complexity index is 366. The van der Waals surface area contributed by atoms with Gasteiger partial charge in [0.05, 0.1) is 0 Å². The van der Waals surface area contributed by atoms with Crippen LogP contribution in [0.15, 0.2) is 18.2 Å². The van der Waals surface area contributed by atoms with Gasteiger partial charge in [-0.3, -0.25) is 0 Å². The van der Waals surface area contributed by atoms with Crippen molar-refractivity contribution in [3.8, 4) is 0 Å². The molecule has 0 aromatic heterocycles. The third-order valence-corrected chi connectivity index (χ3v) is 3.85. The van der Waals surface area contributed by atoms with Crippen molar-refractivity contribution in [2.75, 3.05) is 6.54 Å². The molecule has 0 amide bonds. The molecule has 1 unspecified atom stereocenters. The molecule has 0 aliphatic carbocycles. The monoisotopic (exact) mass is 233 g/mol. The number of hydrogen-bond donors (Lipinski definition) is 1. The van der Waals surface area contributed by atoms with Crippen LogP contribution in [-0.4, -0.2) is 6.54 Å². The fraction of sp³-hybridized carbons (Fsp3) is 0.625. The Morgan fingerprint density at radius 2 is 1.82 bits per heavy atom. The van der Waals surface area contributed by atoms with Crippen LogP contribution in [0.3, 0.4) is 0 Å². The topological polar surface area (TPSA) is 12.0 Å². The van der Waals surface area contributed by atoms with Crippen molar-refractivity contribution in [3.63, 3.8) is 0 Å². The van der Waals surface area contributed by atoms with Gasteiger partial charge in [0.25, 0.3) is 0 Å². The molecule has 0 aliphatic heterocycles. The molecule has 1 aromatic rings. The molecule has 1 N–H and O–H groups in total. The molecule has 96 valence electrons. The third-order valence-electron chi connectivity index (χ3n) is 3.85. The maximum absolute atomic E-state index is 3.66. The Kier molecular flexibility index (Phi) is 4.76. The van der Waals surface area contributed by atoms with Crippen LogP contribution in [0, 0.1) is 19.3 Å². The quantitative estimate of drug-likeness (QED) is 0.795. The van der Waals surface area contributed by atoms with E-state index < -0.39 is 0 Å². The zero-order valence-corrected chi connectivity index (χ0v) is 12.2. The van der Waals surface area contributed by atoms with E-state index >= 15 is 0 Å². The van der Waals surface area contributed by atoms with E-state index in [4.69, 9.17) is 0 Å². The summed E-state index contributed by atoms with van der Waals surface area (Å²) in [5, 5.41) is 3.66.